The third-order valence-electron chi connectivity index (χ3n) is 12.3. The first-order chi connectivity index (χ1) is 29.7. The van der Waals surface area contributed by atoms with Crippen molar-refractivity contribution < 1.29 is 0 Å². The van der Waals surface area contributed by atoms with Crippen molar-refractivity contribution in [3.8, 4) is 55.9 Å². The van der Waals surface area contributed by atoms with Crippen LogP contribution in [0.3, 0.4) is 0 Å². The highest BCUT2D eigenvalue weighted by Gasteiger charge is 2.16. The standard InChI is InChI=1S/C58H38N2/c1-2-22-48(23-3-1)59-55-27-8-6-25-50(55)52-37-46(30-32-57(52)59)44-20-11-18-42(35-44)40-16-10-17-41(34-40)43-19-12-21-45(36-43)47-31-33-58-53(38-47)51-26-7-9-28-56(51)60(58)54-29-13-15-39-14-4-5-24-49(39)54/h1-38H. The molecule has 12 rings (SSSR count). The molecule has 0 N–H and O–H groups in total. The summed E-state index contributed by atoms with van der Waals surface area (Å²) in [7, 11) is 0. The van der Waals surface area contributed by atoms with Crippen molar-refractivity contribution in [1.29, 1.82) is 0 Å². The van der Waals surface area contributed by atoms with Crippen molar-refractivity contribution in [2.24, 2.45) is 0 Å². The maximum Gasteiger partial charge on any atom is 0.0541 e. The zero-order chi connectivity index (χ0) is 39.6. The van der Waals surface area contributed by atoms with Gasteiger partial charge < -0.3 is 9.13 Å². The summed E-state index contributed by atoms with van der Waals surface area (Å²) in [5.74, 6) is 0. The summed E-state index contributed by atoms with van der Waals surface area (Å²) in [4.78, 5) is 0. The highest BCUT2D eigenvalue weighted by atomic mass is 15.0. The Morgan fingerprint density at radius 1 is 0.217 bits per heavy atom. The lowest BCUT2D eigenvalue weighted by Crippen LogP contribution is -1.95. The summed E-state index contributed by atoms with van der Waals surface area (Å²) in [6.45, 7) is 0. The highest BCUT2D eigenvalue weighted by Crippen LogP contribution is 2.39. The summed E-state index contributed by atoms with van der Waals surface area (Å²) >= 11 is 0. The predicted molar refractivity (Wildman–Crippen MR) is 254 cm³/mol. The van der Waals surface area contributed by atoms with Crippen LogP contribution in [0.25, 0.3) is 110 Å². The fraction of sp³-hybridized carbons (Fsp3) is 0. The Labute approximate surface area is 348 Å². The lowest BCUT2D eigenvalue weighted by molar-refractivity contribution is 1.18. The molecule has 2 heteroatoms. The van der Waals surface area contributed by atoms with Gasteiger partial charge in [0, 0.05) is 32.6 Å². The molecule has 60 heavy (non-hydrogen) atoms. The van der Waals surface area contributed by atoms with Gasteiger partial charge in [-0.1, -0.05) is 158 Å². The van der Waals surface area contributed by atoms with Crippen molar-refractivity contribution in [2.75, 3.05) is 0 Å². The van der Waals surface area contributed by atoms with Crippen LogP contribution < -0.4 is 0 Å². The number of hydrogen-bond donors (Lipinski definition) is 0. The molecule has 2 nitrogen and oxygen atoms in total. The van der Waals surface area contributed by atoms with Crippen LogP contribution >= 0.6 is 0 Å². The van der Waals surface area contributed by atoms with Crippen LogP contribution in [-0.2, 0) is 0 Å². The van der Waals surface area contributed by atoms with Crippen LogP contribution in [0.4, 0.5) is 0 Å². The maximum absolute atomic E-state index is 2.43. The van der Waals surface area contributed by atoms with Gasteiger partial charge in [0.05, 0.1) is 27.8 Å². The van der Waals surface area contributed by atoms with E-state index in [0.717, 1.165) is 0 Å². The van der Waals surface area contributed by atoms with Gasteiger partial charge in [-0.15, -0.1) is 0 Å². The molecule has 0 saturated heterocycles. The summed E-state index contributed by atoms with van der Waals surface area (Å²) < 4.78 is 4.80. The van der Waals surface area contributed by atoms with Gasteiger partial charge in [-0.3, -0.25) is 0 Å². The molecule has 12 aromatic rings. The quantitative estimate of drug-likeness (QED) is 0.160. The second kappa shape index (κ2) is 13.9. The monoisotopic (exact) mass is 762 g/mol. The van der Waals surface area contributed by atoms with Gasteiger partial charge in [0.25, 0.3) is 0 Å². The molecule has 10 aromatic carbocycles. The van der Waals surface area contributed by atoms with Crippen LogP contribution in [0.15, 0.2) is 231 Å². The lowest BCUT2D eigenvalue weighted by Gasteiger charge is -2.12. The molecule has 0 bridgehead atoms. The van der Waals surface area contributed by atoms with Gasteiger partial charge in [-0.05, 0) is 123 Å². The molecule has 0 atom stereocenters. The first-order valence-corrected chi connectivity index (χ1v) is 20.7. The molecular formula is C58H38N2. The number of fused-ring (bicyclic) bond motifs is 7. The minimum atomic E-state index is 1.17. The number of benzene rings is 10. The average Bonchev–Trinajstić information content (AvgIpc) is 3.84. The number of rotatable bonds is 6. The van der Waals surface area contributed by atoms with E-state index in [4.69, 9.17) is 0 Å². The van der Waals surface area contributed by atoms with Crippen LogP contribution in [0, 0.1) is 0 Å². The van der Waals surface area contributed by atoms with E-state index in [1.54, 1.807) is 0 Å². The van der Waals surface area contributed by atoms with E-state index in [2.05, 4.69) is 240 Å². The Hall–Kier alpha value is -7.94. The summed E-state index contributed by atoms with van der Waals surface area (Å²) in [5.41, 5.74) is 16.8. The van der Waals surface area contributed by atoms with Gasteiger partial charge >= 0.3 is 0 Å². The Kier molecular flexibility index (Phi) is 7.89. The van der Waals surface area contributed by atoms with E-state index in [0.29, 0.717) is 0 Å². The molecule has 0 aliphatic carbocycles. The van der Waals surface area contributed by atoms with Crippen molar-refractivity contribution in [3.63, 3.8) is 0 Å². The van der Waals surface area contributed by atoms with Crippen LogP contribution in [0.1, 0.15) is 0 Å². The molecule has 0 aliphatic heterocycles. The third kappa shape index (κ3) is 5.57. The first kappa shape index (κ1) is 34.1. The van der Waals surface area contributed by atoms with Crippen LogP contribution in [-0.4, -0.2) is 9.13 Å². The Morgan fingerprint density at radius 3 is 1.15 bits per heavy atom. The number of para-hydroxylation sites is 3. The van der Waals surface area contributed by atoms with E-state index < -0.39 is 0 Å². The highest BCUT2D eigenvalue weighted by molar-refractivity contribution is 6.12. The lowest BCUT2D eigenvalue weighted by atomic mass is 9.94. The summed E-state index contributed by atoms with van der Waals surface area (Å²) in [6, 6.07) is 84.2. The molecular weight excluding hydrogens is 725 g/mol. The SMILES string of the molecule is c1ccc(-n2c3ccccc3c3cc(-c4cccc(-c5cccc(-c6cccc(-c7ccc8c(c7)c7ccccc7n8-c7cccc8ccccc78)c6)c5)c4)ccc32)cc1. The van der Waals surface area contributed by atoms with Gasteiger partial charge in [0.1, 0.15) is 0 Å². The summed E-state index contributed by atoms with van der Waals surface area (Å²) in [5, 5.41) is 7.52. The minimum Gasteiger partial charge on any atom is -0.309 e. The number of hydrogen-bond acceptors (Lipinski definition) is 0. The number of nitrogens with zero attached hydrogens (tertiary/aromatic N) is 2. The van der Waals surface area contributed by atoms with Gasteiger partial charge in [0.2, 0.25) is 0 Å². The predicted octanol–water partition coefficient (Wildman–Crippen LogP) is 15.7. The number of aromatic nitrogens is 2. The normalized spacial score (nSPS) is 11.7. The smallest absolute Gasteiger partial charge is 0.0541 e. The minimum absolute atomic E-state index is 1.17. The Balaban J connectivity index is 0.897. The fourth-order valence-corrected chi connectivity index (χ4v) is 9.46. The topological polar surface area (TPSA) is 9.86 Å². The zero-order valence-corrected chi connectivity index (χ0v) is 32.8. The first-order valence-electron chi connectivity index (χ1n) is 20.7. The van der Waals surface area contributed by atoms with E-state index in [-0.39, 0.29) is 0 Å². The second-order valence-corrected chi connectivity index (χ2v) is 15.7. The maximum atomic E-state index is 2.43. The molecule has 0 unspecified atom stereocenters. The molecule has 2 heterocycles. The molecule has 0 amide bonds. The zero-order valence-electron chi connectivity index (χ0n) is 32.8. The van der Waals surface area contributed by atoms with E-state index in [9.17, 15) is 0 Å². The molecule has 0 fully saturated rings. The van der Waals surface area contributed by atoms with Crippen LogP contribution in [0.2, 0.25) is 0 Å². The van der Waals surface area contributed by atoms with Crippen molar-refractivity contribution in [3.05, 3.63) is 231 Å². The molecule has 280 valence electrons. The van der Waals surface area contributed by atoms with Gasteiger partial charge in [-0.25, -0.2) is 0 Å². The molecule has 0 radical (unpaired) electrons. The average molecular weight is 763 g/mol. The van der Waals surface area contributed by atoms with Crippen molar-refractivity contribution in [1.82, 2.24) is 9.13 Å². The third-order valence-corrected chi connectivity index (χ3v) is 12.3. The largest absolute Gasteiger partial charge is 0.309 e. The second-order valence-electron chi connectivity index (χ2n) is 15.7. The molecule has 0 spiro atoms. The van der Waals surface area contributed by atoms with Gasteiger partial charge in [-0.2, -0.15) is 0 Å². The molecule has 0 saturated carbocycles. The summed E-state index contributed by atoms with van der Waals surface area (Å²) in [6.07, 6.45) is 0. The fourth-order valence-electron chi connectivity index (χ4n) is 9.46. The van der Waals surface area contributed by atoms with Gasteiger partial charge in [0.15, 0.2) is 0 Å². The van der Waals surface area contributed by atoms with E-state index in [1.807, 2.05) is 0 Å². The van der Waals surface area contributed by atoms with Crippen molar-refractivity contribution >= 4 is 54.4 Å². The van der Waals surface area contributed by atoms with Crippen molar-refractivity contribution in [2.45, 2.75) is 0 Å². The molecule has 0 aliphatic rings. The molecule has 2 aromatic heterocycles. The van der Waals surface area contributed by atoms with E-state index >= 15 is 0 Å². The Morgan fingerprint density at radius 2 is 0.600 bits per heavy atom. The Bertz CT molecular complexity index is 3600. The van der Waals surface area contributed by atoms with Crippen LogP contribution in [0.5, 0.6) is 0 Å². The van der Waals surface area contributed by atoms with E-state index in [1.165, 1.54) is 110 Å².